The smallest absolute Gasteiger partial charge is 0.161 e. The molecule has 0 fully saturated rings. The Kier molecular flexibility index (Phi) is 3.88. The number of fused-ring (bicyclic) bond motifs is 1. The van der Waals surface area contributed by atoms with E-state index in [2.05, 4.69) is 4.99 Å². The van der Waals surface area contributed by atoms with E-state index in [1.54, 1.807) is 6.21 Å². The summed E-state index contributed by atoms with van der Waals surface area (Å²) in [6, 6.07) is 15.3. The van der Waals surface area contributed by atoms with Crippen LogP contribution in [-0.4, -0.2) is 25.5 Å². The first kappa shape index (κ1) is 13.0. The van der Waals surface area contributed by atoms with Crippen LogP contribution in [0.15, 0.2) is 53.5 Å². The molecular formula is C16H14ClNO2. The van der Waals surface area contributed by atoms with Gasteiger partial charge in [-0.3, -0.25) is 4.99 Å². The molecule has 0 aromatic heterocycles. The Morgan fingerprint density at radius 3 is 2.70 bits per heavy atom. The van der Waals surface area contributed by atoms with Crippen LogP contribution >= 0.6 is 11.6 Å². The third kappa shape index (κ3) is 2.94. The molecule has 0 radical (unpaired) electrons. The first-order chi connectivity index (χ1) is 9.83. The van der Waals surface area contributed by atoms with Gasteiger partial charge in [-0.2, -0.15) is 0 Å². The van der Waals surface area contributed by atoms with Gasteiger partial charge in [-0.25, -0.2) is 0 Å². The van der Waals surface area contributed by atoms with E-state index in [1.807, 2.05) is 48.5 Å². The molecule has 0 spiro atoms. The van der Waals surface area contributed by atoms with Crippen LogP contribution < -0.4 is 9.47 Å². The van der Waals surface area contributed by atoms with Gasteiger partial charge in [-0.05, 0) is 18.2 Å². The van der Waals surface area contributed by atoms with Crippen LogP contribution in [0, 0.1) is 0 Å². The van der Waals surface area contributed by atoms with Gasteiger partial charge in [0, 0.05) is 16.8 Å². The van der Waals surface area contributed by atoms with Gasteiger partial charge in [0.15, 0.2) is 17.6 Å². The Hall–Kier alpha value is -2.00. The number of rotatable bonds is 3. The summed E-state index contributed by atoms with van der Waals surface area (Å²) < 4.78 is 11.5. The van der Waals surface area contributed by atoms with E-state index in [1.165, 1.54) is 0 Å². The molecule has 0 saturated carbocycles. The molecule has 2 aromatic rings. The second-order valence-electron chi connectivity index (χ2n) is 4.51. The molecule has 0 unspecified atom stereocenters. The number of benzene rings is 2. The molecule has 0 amide bonds. The Morgan fingerprint density at radius 1 is 1.10 bits per heavy atom. The Bertz CT molecular complexity index is 627. The fraction of sp³-hybridized carbons (Fsp3) is 0.188. The number of aliphatic imine (C=N–C) groups is 1. The Morgan fingerprint density at radius 2 is 1.85 bits per heavy atom. The zero-order valence-electron chi connectivity index (χ0n) is 10.8. The van der Waals surface area contributed by atoms with Gasteiger partial charge in [0.2, 0.25) is 0 Å². The van der Waals surface area contributed by atoms with E-state index in [-0.39, 0.29) is 6.10 Å². The maximum absolute atomic E-state index is 6.07. The lowest BCUT2D eigenvalue weighted by atomic mass is 10.2. The molecule has 3 nitrogen and oxygen atoms in total. The summed E-state index contributed by atoms with van der Waals surface area (Å²) in [5.74, 6) is 1.57. The summed E-state index contributed by atoms with van der Waals surface area (Å²) in [6.45, 7) is 1.05. The van der Waals surface area contributed by atoms with Crippen LogP contribution in [0.2, 0.25) is 5.02 Å². The molecule has 0 aliphatic carbocycles. The summed E-state index contributed by atoms with van der Waals surface area (Å²) >= 11 is 6.07. The van der Waals surface area contributed by atoms with Crippen molar-refractivity contribution in [1.82, 2.24) is 0 Å². The lowest BCUT2D eigenvalue weighted by Crippen LogP contribution is -2.31. The fourth-order valence-electron chi connectivity index (χ4n) is 2.00. The fourth-order valence-corrected chi connectivity index (χ4v) is 2.19. The molecule has 0 N–H and O–H groups in total. The highest BCUT2D eigenvalue weighted by Gasteiger charge is 2.19. The summed E-state index contributed by atoms with van der Waals surface area (Å²) in [4.78, 5) is 4.38. The number of hydrogen-bond donors (Lipinski definition) is 0. The molecule has 20 heavy (non-hydrogen) atoms. The first-order valence-corrected chi connectivity index (χ1v) is 6.83. The maximum Gasteiger partial charge on any atom is 0.161 e. The molecule has 0 saturated heterocycles. The van der Waals surface area contributed by atoms with Gasteiger partial charge in [0.25, 0.3) is 0 Å². The predicted molar refractivity (Wildman–Crippen MR) is 80.3 cm³/mol. The van der Waals surface area contributed by atoms with Crippen molar-refractivity contribution in [3.63, 3.8) is 0 Å². The number of nitrogens with zero attached hydrogens (tertiary/aromatic N) is 1. The normalized spacial score (nSPS) is 17.4. The van der Waals surface area contributed by atoms with Gasteiger partial charge in [0.05, 0.1) is 6.54 Å². The molecule has 1 aliphatic heterocycles. The van der Waals surface area contributed by atoms with Crippen molar-refractivity contribution in [3.05, 3.63) is 59.1 Å². The van der Waals surface area contributed by atoms with Crippen molar-refractivity contribution >= 4 is 17.8 Å². The van der Waals surface area contributed by atoms with E-state index >= 15 is 0 Å². The molecule has 3 rings (SSSR count). The number of para-hydroxylation sites is 2. The Balaban J connectivity index is 1.62. The van der Waals surface area contributed by atoms with Crippen LogP contribution in [0.5, 0.6) is 11.5 Å². The topological polar surface area (TPSA) is 30.8 Å². The van der Waals surface area contributed by atoms with Gasteiger partial charge < -0.3 is 9.47 Å². The van der Waals surface area contributed by atoms with Crippen molar-refractivity contribution in [2.75, 3.05) is 13.2 Å². The second-order valence-corrected chi connectivity index (χ2v) is 4.92. The minimum atomic E-state index is -0.0661. The highest BCUT2D eigenvalue weighted by atomic mass is 35.5. The molecule has 0 bridgehead atoms. The van der Waals surface area contributed by atoms with E-state index in [0.29, 0.717) is 18.2 Å². The molecule has 4 heteroatoms. The van der Waals surface area contributed by atoms with Crippen LogP contribution in [0.25, 0.3) is 0 Å². The van der Waals surface area contributed by atoms with Crippen molar-refractivity contribution < 1.29 is 9.47 Å². The largest absolute Gasteiger partial charge is 0.486 e. The van der Waals surface area contributed by atoms with Crippen molar-refractivity contribution in [2.24, 2.45) is 4.99 Å². The Labute approximate surface area is 122 Å². The predicted octanol–water partition coefficient (Wildman–Crippen LogP) is 3.60. The van der Waals surface area contributed by atoms with E-state index in [0.717, 1.165) is 17.1 Å². The number of halogens is 1. The molecule has 102 valence electrons. The zero-order chi connectivity index (χ0) is 13.8. The van der Waals surface area contributed by atoms with Crippen LogP contribution in [0.4, 0.5) is 0 Å². The summed E-state index contributed by atoms with van der Waals surface area (Å²) in [5.41, 5.74) is 0.909. The molecular weight excluding hydrogens is 274 g/mol. The lowest BCUT2D eigenvalue weighted by Gasteiger charge is -2.25. The van der Waals surface area contributed by atoms with Crippen molar-refractivity contribution in [2.45, 2.75) is 6.10 Å². The second kappa shape index (κ2) is 5.97. The quantitative estimate of drug-likeness (QED) is 0.808. The molecule has 1 atom stereocenters. The number of hydrogen-bond acceptors (Lipinski definition) is 3. The maximum atomic E-state index is 6.07. The van der Waals surface area contributed by atoms with Crippen LogP contribution in [0.1, 0.15) is 5.56 Å². The van der Waals surface area contributed by atoms with Gasteiger partial charge in [-0.15, -0.1) is 0 Å². The summed E-state index contributed by atoms with van der Waals surface area (Å²) in [5, 5.41) is 0.697. The van der Waals surface area contributed by atoms with Crippen molar-refractivity contribution in [1.29, 1.82) is 0 Å². The number of ether oxygens (including phenoxy) is 2. The third-order valence-corrected chi connectivity index (χ3v) is 3.36. The highest BCUT2D eigenvalue weighted by molar-refractivity contribution is 6.33. The minimum Gasteiger partial charge on any atom is -0.486 e. The van der Waals surface area contributed by atoms with Gasteiger partial charge in [-0.1, -0.05) is 41.9 Å². The molecule has 1 aliphatic rings. The molecule has 1 heterocycles. The van der Waals surface area contributed by atoms with Gasteiger partial charge >= 0.3 is 0 Å². The average Bonchev–Trinajstić information content (AvgIpc) is 2.49. The van der Waals surface area contributed by atoms with Crippen LogP contribution in [-0.2, 0) is 0 Å². The van der Waals surface area contributed by atoms with Gasteiger partial charge in [0.1, 0.15) is 6.61 Å². The summed E-state index contributed by atoms with van der Waals surface area (Å²) in [7, 11) is 0. The van der Waals surface area contributed by atoms with E-state index in [9.17, 15) is 0 Å². The van der Waals surface area contributed by atoms with E-state index in [4.69, 9.17) is 21.1 Å². The van der Waals surface area contributed by atoms with E-state index < -0.39 is 0 Å². The SMILES string of the molecule is Clc1ccccc1C=NC[C@H]1COc2ccccc2O1. The third-order valence-electron chi connectivity index (χ3n) is 3.01. The zero-order valence-corrected chi connectivity index (χ0v) is 11.6. The van der Waals surface area contributed by atoms with Crippen LogP contribution in [0.3, 0.4) is 0 Å². The average molecular weight is 288 g/mol. The minimum absolute atomic E-state index is 0.0661. The highest BCUT2D eigenvalue weighted by Crippen LogP contribution is 2.30. The first-order valence-electron chi connectivity index (χ1n) is 6.46. The standard InChI is InChI=1S/C16H14ClNO2/c17-14-6-2-1-5-12(14)9-18-10-13-11-19-15-7-3-4-8-16(15)20-13/h1-9,13H,10-11H2/t13-/m0/s1. The lowest BCUT2D eigenvalue weighted by molar-refractivity contribution is 0.0973. The molecule has 2 aromatic carbocycles. The monoisotopic (exact) mass is 287 g/mol. The van der Waals surface area contributed by atoms with Crippen molar-refractivity contribution in [3.8, 4) is 11.5 Å². The summed E-state index contributed by atoms with van der Waals surface area (Å²) in [6.07, 6.45) is 1.70.